The lowest BCUT2D eigenvalue weighted by Crippen LogP contribution is -2.24. The van der Waals surface area contributed by atoms with E-state index in [-0.39, 0.29) is 18.0 Å². The Kier molecular flexibility index (Phi) is 5.07. The summed E-state index contributed by atoms with van der Waals surface area (Å²) in [6.45, 7) is -1.54. The molecule has 1 aromatic carbocycles. The molecule has 0 bridgehead atoms. The zero-order valence-electron chi connectivity index (χ0n) is 9.86. The number of nitro groups is 1. The molecule has 0 amide bonds. The standard InChI is InChI=1S/C10H11F3N2O4/c1-18-9-3-2-7(4-8(9)15(16)17)5-14-19-6-10(11,12)13/h2-4,14H,5-6H2,1H3. The maximum absolute atomic E-state index is 11.8. The molecule has 1 aromatic rings. The fourth-order valence-corrected chi connectivity index (χ4v) is 1.26. The maximum atomic E-state index is 11.8. The number of nitrogens with one attached hydrogen (secondary N) is 1. The van der Waals surface area contributed by atoms with Crippen LogP contribution in [0.1, 0.15) is 5.56 Å². The number of alkyl halides is 3. The lowest BCUT2D eigenvalue weighted by molar-refractivity contribution is -0.385. The van der Waals surface area contributed by atoms with Crippen LogP contribution in [-0.2, 0) is 11.4 Å². The Labute approximate surface area is 106 Å². The third-order valence-corrected chi connectivity index (χ3v) is 2.05. The second-order valence-electron chi connectivity index (χ2n) is 3.49. The second kappa shape index (κ2) is 6.34. The van der Waals surface area contributed by atoms with Crippen LogP contribution in [0.15, 0.2) is 18.2 Å². The number of ether oxygens (including phenoxy) is 1. The predicted octanol–water partition coefficient (Wildman–Crippen LogP) is 2.19. The number of rotatable bonds is 6. The Bertz CT molecular complexity index is 451. The Morgan fingerprint density at radius 2 is 2.11 bits per heavy atom. The van der Waals surface area contributed by atoms with Crippen LogP contribution in [0.5, 0.6) is 5.75 Å². The van der Waals surface area contributed by atoms with Crippen molar-refractivity contribution >= 4 is 5.69 Å². The quantitative estimate of drug-likeness (QED) is 0.491. The van der Waals surface area contributed by atoms with Crippen LogP contribution in [0, 0.1) is 10.1 Å². The minimum absolute atomic E-state index is 0.0740. The summed E-state index contributed by atoms with van der Waals surface area (Å²) in [7, 11) is 1.28. The molecule has 0 saturated carbocycles. The molecule has 0 aliphatic carbocycles. The summed E-state index contributed by atoms with van der Waals surface area (Å²) in [6, 6.07) is 4.04. The van der Waals surface area contributed by atoms with Crippen molar-refractivity contribution in [1.82, 2.24) is 5.48 Å². The van der Waals surface area contributed by atoms with Gasteiger partial charge in [0.15, 0.2) is 12.4 Å². The van der Waals surface area contributed by atoms with E-state index in [0.29, 0.717) is 5.56 Å². The zero-order chi connectivity index (χ0) is 14.5. The minimum atomic E-state index is -4.43. The van der Waals surface area contributed by atoms with Gasteiger partial charge in [0.2, 0.25) is 0 Å². The first-order valence-corrected chi connectivity index (χ1v) is 5.06. The Morgan fingerprint density at radius 3 is 2.63 bits per heavy atom. The van der Waals surface area contributed by atoms with Crippen LogP contribution in [0.2, 0.25) is 0 Å². The summed E-state index contributed by atoms with van der Waals surface area (Å²) >= 11 is 0. The van der Waals surface area contributed by atoms with Gasteiger partial charge in [-0.05, 0) is 11.6 Å². The summed E-state index contributed by atoms with van der Waals surface area (Å²) < 4.78 is 40.1. The monoisotopic (exact) mass is 280 g/mol. The Balaban J connectivity index is 2.60. The number of methoxy groups -OCH3 is 1. The van der Waals surface area contributed by atoms with Crippen molar-refractivity contribution in [2.75, 3.05) is 13.7 Å². The molecule has 1 N–H and O–H groups in total. The number of halogens is 3. The summed E-state index contributed by atoms with van der Waals surface area (Å²) in [5, 5.41) is 10.7. The first-order chi connectivity index (χ1) is 8.83. The summed E-state index contributed by atoms with van der Waals surface area (Å²) in [4.78, 5) is 14.3. The smallest absolute Gasteiger partial charge is 0.413 e. The predicted molar refractivity (Wildman–Crippen MR) is 58.5 cm³/mol. The first kappa shape index (κ1) is 15.2. The third-order valence-electron chi connectivity index (χ3n) is 2.05. The van der Waals surface area contributed by atoms with Crippen LogP contribution >= 0.6 is 0 Å². The van der Waals surface area contributed by atoms with Crippen molar-refractivity contribution in [2.24, 2.45) is 0 Å². The average Bonchev–Trinajstić information content (AvgIpc) is 2.33. The molecule has 0 fully saturated rings. The van der Waals surface area contributed by atoms with Crippen molar-refractivity contribution in [1.29, 1.82) is 0 Å². The highest BCUT2D eigenvalue weighted by molar-refractivity contribution is 5.48. The molecular formula is C10H11F3N2O4. The van der Waals surface area contributed by atoms with Crippen molar-refractivity contribution in [3.63, 3.8) is 0 Å². The third kappa shape index (κ3) is 5.10. The van der Waals surface area contributed by atoms with Gasteiger partial charge < -0.3 is 4.74 Å². The Hall–Kier alpha value is -1.87. The van der Waals surface area contributed by atoms with Crippen LogP contribution in [0.3, 0.4) is 0 Å². The minimum Gasteiger partial charge on any atom is -0.490 e. The number of nitro benzene ring substituents is 1. The number of hydrogen-bond donors (Lipinski definition) is 1. The molecule has 0 spiro atoms. The average molecular weight is 280 g/mol. The zero-order valence-corrected chi connectivity index (χ0v) is 9.86. The molecule has 106 valence electrons. The molecule has 0 unspecified atom stereocenters. The van der Waals surface area contributed by atoms with Crippen molar-refractivity contribution in [3.8, 4) is 5.75 Å². The topological polar surface area (TPSA) is 73.6 Å². The molecule has 0 aliphatic heterocycles. The van der Waals surface area contributed by atoms with Gasteiger partial charge in [-0.1, -0.05) is 6.07 Å². The van der Waals surface area contributed by atoms with Crippen LogP contribution < -0.4 is 10.2 Å². The van der Waals surface area contributed by atoms with Crippen LogP contribution in [-0.4, -0.2) is 24.8 Å². The number of benzene rings is 1. The maximum Gasteiger partial charge on any atom is 0.413 e. The lowest BCUT2D eigenvalue weighted by Gasteiger charge is -2.09. The molecule has 0 aliphatic rings. The van der Waals surface area contributed by atoms with Gasteiger partial charge in [0.05, 0.1) is 12.0 Å². The van der Waals surface area contributed by atoms with Crippen LogP contribution in [0.4, 0.5) is 18.9 Å². The van der Waals surface area contributed by atoms with Gasteiger partial charge in [0.25, 0.3) is 0 Å². The molecule has 0 aromatic heterocycles. The van der Waals surface area contributed by atoms with Crippen molar-refractivity contribution < 1.29 is 27.7 Å². The van der Waals surface area contributed by atoms with E-state index in [1.54, 1.807) is 0 Å². The fraction of sp³-hybridized carbons (Fsp3) is 0.400. The molecule has 19 heavy (non-hydrogen) atoms. The van der Waals surface area contributed by atoms with Gasteiger partial charge >= 0.3 is 11.9 Å². The van der Waals surface area contributed by atoms with Gasteiger partial charge in [0, 0.05) is 12.6 Å². The molecule has 1 rings (SSSR count). The summed E-state index contributed by atoms with van der Waals surface area (Å²) in [5.74, 6) is 0.0740. The first-order valence-electron chi connectivity index (χ1n) is 5.06. The van der Waals surface area contributed by atoms with E-state index < -0.39 is 17.7 Å². The summed E-state index contributed by atoms with van der Waals surface area (Å²) in [5.41, 5.74) is 2.21. The van der Waals surface area contributed by atoms with E-state index in [0.717, 1.165) is 0 Å². The van der Waals surface area contributed by atoms with Crippen molar-refractivity contribution in [2.45, 2.75) is 12.7 Å². The largest absolute Gasteiger partial charge is 0.490 e. The van der Waals surface area contributed by atoms with E-state index >= 15 is 0 Å². The van der Waals surface area contributed by atoms with Crippen molar-refractivity contribution in [3.05, 3.63) is 33.9 Å². The highest BCUT2D eigenvalue weighted by Gasteiger charge is 2.27. The molecule has 0 atom stereocenters. The number of hydrogen-bond acceptors (Lipinski definition) is 5. The van der Waals surface area contributed by atoms with Gasteiger partial charge in [-0.25, -0.2) is 0 Å². The van der Waals surface area contributed by atoms with E-state index in [4.69, 9.17) is 4.74 Å². The van der Waals surface area contributed by atoms with E-state index in [2.05, 4.69) is 10.3 Å². The highest BCUT2D eigenvalue weighted by atomic mass is 19.4. The van der Waals surface area contributed by atoms with Gasteiger partial charge in [-0.3, -0.25) is 15.0 Å². The second-order valence-corrected chi connectivity index (χ2v) is 3.49. The summed E-state index contributed by atoms with van der Waals surface area (Å²) in [6.07, 6.45) is -4.43. The SMILES string of the molecule is COc1ccc(CNOCC(F)(F)F)cc1[N+](=O)[O-]. The molecular weight excluding hydrogens is 269 g/mol. The fourth-order valence-electron chi connectivity index (χ4n) is 1.26. The number of hydroxylamine groups is 1. The van der Waals surface area contributed by atoms with E-state index in [1.165, 1.54) is 25.3 Å². The highest BCUT2D eigenvalue weighted by Crippen LogP contribution is 2.27. The molecule has 0 saturated heterocycles. The normalized spacial score (nSPS) is 11.4. The molecule has 0 heterocycles. The van der Waals surface area contributed by atoms with Gasteiger partial charge in [-0.2, -0.15) is 18.7 Å². The van der Waals surface area contributed by atoms with E-state index in [9.17, 15) is 23.3 Å². The van der Waals surface area contributed by atoms with Gasteiger partial charge in [0.1, 0.15) is 0 Å². The Morgan fingerprint density at radius 1 is 1.42 bits per heavy atom. The lowest BCUT2D eigenvalue weighted by atomic mass is 10.2. The van der Waals surface area contributed by atoms with Gasteiger partial charge in [-0.15, -0.1) is 0 Å². The molecule has 0 radical (unpaired) electrons. The number of nitrogens with zero attached hydrogens (tertiary/aromatic N) is 1. The molecule has 6 nitrogen and oxygen atoms in total. The van der Waals surface area contributed by atoms with E-state index in [1.807, 2.05) is 0 Å². The van der Waals surface area contributed by atoms with Crippen LogP contribution in [0.25, 0.3) is 0 Å². The molecule has 9 heteroatoms.